The van der Waals surface area contributed by atoms with E-state index in [4.69, 9.17) is 20.1 Å². The molecule has 2 rings (SSSR count). The zero-order chi connectivity index (χ0) is 22.0. The molecule has 0 atom stereocenters. The Kier molecular flexibility index (Phi) is 9.33. The maximum atomic E-state index is 11.9. The quantitative estimate of drug-likeness (QED) is 0.468. The largest absolute Gasteiger partial charge is 0.490 e. The van der Waals surface area contributed by atoms with Gasteiger partial charge in [0.2, 0.25) is 5.91 Å². The van der Waals surface area contributed by atoms with E-state index in [1.807, 2.05) is 19.1 Å². The van der Waals surface area contributed by atoms with Crippen molar-refractivity contribution in [2.75, 3.05) is 11.9 Å². The molecule has 0 fully saturated rings. The molecule has 4 N–H and O–H groups in total. The third-order valence-corrected chi connectivity index (χ3v) is 3.84. The summed E-state index contributed by atoms with van der Waals surface area (Å²) in [5.74, 6) is -2.78. The molecule has 10 heteroatoms. The first-order valence-corrected chi connectivity index (χ1v) is 8.89. The van der Waals surface area contributed by atoms with Gasteiger partial charge in [-0.1, -0.05) is 12.8 Å². The number of aliphatic carboxylic acids is 1. The second-order valence-electron chi connectivity index (χ2n) is 6.26. The number of nitrogens with two attached hydrogens (primary N) is 1. The number of hydrogen-bond acceptors (Lipinski definition) is 5. The van der Waals surface area contributed by atoms with E-state index in [1.165, 1.54) is 6.07 Å². The number of carbonyl (C=O) groups excluding carboxylic acids is 1. The molecule has 0 spiro atoms. The number of alkyl halides is 3. The maximum absolute atomic E-state index is 11.9. The summed E-state index contributed by atoms with van der Waals surface area (Å²) in [4.78, 5) is 32.2. The van der Waals surface area contributed by atoms with Crippen molar-refractivity contribution in [1.82, 2.24) is 0 Å². The van der Waals surface area contributed by atoms with Crippen LogP contribution in [0.15, 0.2) is 33.5 Å². The highest BCUT2D eigenvalue weighted by Crippen LogP contribution is 2.21. The summed E-state index contributed by atoms with van der Waals surface area (Å²) >= 11 is 0. The Morgan fingerprint density at radius 3 is 2.34 bits per heavy atom. The van der Waals surface area contributed by atoms with Crippen LogP contribution in [-0.4, -0.2) is 29.7 Å². The molecular formula is C19H23F3N2O5. The summed E-state index contributed by atoms with van der Waals surface area (Å²) in [6, 6.07) is 6.82. The van der Waals surface area contributed by atoms with Crippen LogP contribution in [0.5, 0.6) is 0 Å². The van der Waals surface area contributed by atoms with E-state index in [0.717, 1.165) is 36.6 Å². The van der Waals surface area contributed by atoms with E-state index in [2.05, 4.69) is 5.32 Å². The van der Waals surface area contributed by atoms with Crippen LogP contribution in [0.25, 0.3) is 11.0 Å². The van der Waals surface area contributed by atoms with E-state index in [-0.39, 0.29) is 11.5 Å². The smallest absolute Gasteiger partial charge is 0.475 e. The average Bonchev–Trinajstić information content (AvgIpc) is 2.60. The average molecular weight is 416 g/mol. The van der Waals surface area contributed by atoms with Crippen molar-refractivity contribution in [2.45, 2.75) is 45.2 Å². The van der Waals surface area contributed by atoms with E-state index in [1.54, 1.807) is 6.07 Å². The lowest BCUT2D eigenvalue weighted by atomic mass is 10.1. The number of benzene rings is 1. The summed E-state index contributed by atoms with van der Waals surface area (Å²) < 4.78 is 36.9. The van der Waals surface area contributed by atoms with Crippen LogP contribution >= 0.6 is 0 Å². The van der Waals surface area contributed by atoms with Crippen LogP contribution in [0.3, 0.4) is 0 Å². The van der Waals surface area contributed by atoms with E-state index in [9.17, 15) is 22.8 Å². The fourth-order valence-corrected chi connectivity index (χ4v) is 2.41. The van der Waals surface area contributed by atoms with Crippen LogP contribution in [-0.2, 0) is 9.59 Å². The minimum absolute atomic E-state index is 0.0258. The highest BCUT2D eigenvalue weighted by molar-refractivity contribution is 5.93. The molecule has 0 saturated heterocycles. The van der Waals surface area contributed by atoms with Crippen molar-refractivity contribution in [1.29, 1.82) is 0 Å². The first-order valence-electron chi connectivity index (χ1n) is 8.89. The molecule has 160 valence electrons. The van der Waals surface area contributed by atoms with E-state index < -0.39 is 12.1 Å². The molecule has 0 saturated carbocycles. The minimum atomic E-state index is -5.08. The van der Waals surface area contributed by atoms with Gasteiger partial charge in [0, 0.05) is 29.6 Å². The second kappa shape index (κ2) is 11.2. The first kappa shape index (κ1) is 24.2. The lowest BCUT2D eigenvalue weighted by Crippen LogP contribution is -2.21. The lowest BCUT2D eigenvalue weighted by molar-refractivity contribution is -0.192. The molecule has 0 radical (unpaired) electrons. The molecule has 0 unspecified atom stereocenters. The minimum Gasteiger partial charge on any atom is -0.475 e. The van der Waals surface area contributed by atoms with Gasteiger partial charge in [0.1, 0.15) is 5.58 Å². The summed E-state index contributed by atoms with van der Waals surface area (Å²) in [6.45, 7) is 2.56. The van der Waals surface area contributed by atoms with Gasteiger partial charge in [-0.15, -0.1) is 0 Å². The van der Waals surface area contributed by atoms with Gasteiger partial charge >= 0.3 is 17.8 Å². The Morgan fingerprint density at radius 2 is 1.76 bits per heavy atom. The van der Waals surface area contributed by atoms with Crippen LogP contribution < -0.4 is 16.7 Å². The SMILES string of the molecule is Cc1cc(=O)oc2cc(NC(=O)CCCCCCN)ccc12.O=C(O)C(F)(F)F. The van der Waals surface area contributed by atoms with Crippen molar-refractivity contribution in [2.24, 2.45) is 5.73 Å². The lowest BCUT2D eigenvalue weighted by Gasteiger charge is -2.07. The van der Waals surface area contributed by atoms with Gasteiger partial charge in [0.25, 0.3) is 0 Å². The molecule has 1 heterocycles. The molecule has 2 aromatic rings. The van der Waals surface area contributed by atoms with Crippen LogP contribution in [0.4, 0.5) is 18.9 Å². The van der Waals surface area contributed by atoms with E-state index >= 15 is 0 Å². The predicted octanol–water partition coefficient (Wildman–Crippen LogP) is 3.58. The second-order valence-corrected chi connectivity index (χ2v) is 6.26. The molecule has 0 aliphatic heterocycles. The van der Waals surface area contributed by atoms with Gasteiger partial charge in [-0.2, -0.15) is 13.2 Å². The van der Waals surface area contributed by atoms with Gasteiger partial charge in [-0.05, 0) is 44.0 Å². The van der Waals surface area contributed by atoms with Crippen molar-refractivity contribution in [3.63, 3.8) is 0 Å². The number of carbonyl (C=O) groups is 2. The summed E-state index contributed by atoms with van der Waals surface area (Å²) in [5, 5.41) is 10.8. The standard InChI is InChI=1S/C17H22N2O3.C2HF3O2/c1-12-10-17(21)22-15-11-13(7-8-14(12)15)19-16(20)6-4-2-3-5-9-18;3-2(4,5)1(6)7/h7-8,10-11H,2-6,9,18H2,1H3,(H,19,20);(H,6,7). The molecule has 29 heavy (non-hydrogen) atoms. The molecule has 0 aliphatic rings. The number of halogens is 3. The van der Waals surface area contributed by atoms with Crippen molar-refractivity contribution in [3.05, 3.63) is 40.2 Å². The van der Waals surface area contributed by atoms with Crippen molar-refractivity contribution < 1.29 is 32.3 Å². The van der Waals surface area contributed by atoms with Crippen LogP contribution in [0.1, 0.15) is 37.7 Å². The van der Waals surface area contributed by atoms with Crippen molar-refractivity contribution in [3.8, 4) is 0 Å². The summed E-state index contributed by atoms with van der Waals surface area (Å²) in [7, 11) is 0. The number of anilines is 1. The monoisotopic (exact) mass is 416 g/mol. The Morgan fingerprint density at radius 1 is 1.14 bits per heavy atom. The Hall–Kier alpha value is -2.88. The number of aryl methyl sites for hydroxylation is 1. The topological polar surface area (TPSA) is 123 Å². The summed E-state index contributed by atoms with van der Waals surface area (Å²) in [5.41, 5.74) is 7.05. The van der Waals surface area contributed by atoms with Gasteiger partial charge in [-0.25, -0.2) is 9.59 Å². The van der Waals surface area contributed by atoms with Crippen LogP contribution in [0, 0.1) is 6.92 Å². The third kappa shape index (κ3) is 8.77. The highest BCUT2D eigenvalue weighted by Gasteiger charge is 2.38. The Bertz CT molecular complexity index is 894. The van der Waals surface area contributed by atoms with Gasteiger partial charge in [0.05, 0.1) is 0 Å². The van der Waals surface area contributed by atoms with Gasteiger partial charge in [-0.3, -0.25) is 4.79 Å². The highest BCUT2D eigenvalue weighted by atomic mass is 19.4. The zero-order valence-corrected chi connectivity index (χ0v) is 15.8. The number of carboxylic acid groups (broad SMARTS) is 1. The number of nitrogens with one attached hydrogen (secondary N) is 1. The molecule has 1 amide bonds. The molecule has 7 nitrogen and oxygen atoms in total. The fraction of sp³-hybridized carbons (Fsp3) is 0.421. The molecule has 0 bridgehead atoms. The maximum Gasteiger partial charge on any atom is 0.490 e. The third-order valence-electron chi connectivity index (χ3n) is 3.84. The van der Waals surface area contributed by atoms with E-state index in [0.29, 0.717) is 24.2 Å². The fourth-order valence-electron chi connectivity index (χ4n) is 2.41. The Labute approximate surface area is 164 Å². The normalized spacial score (nSPS) is 10.9. The van der Waals surface area contributed by atoms with Crippen molar-refractivity contribution >= 4 is 28.5 Å². The van der Waals surface area contributed by atoms with Crippen LogP contribution in [0.2, 0.25) is 0 Å². The Balaban J connectivity index is 0.000000516. The number of hydrogen-bond donors (Lipinski definition) is 3. The molecule has 1 aromatic heterocycles. The van der Waals surface area contributed by atoms with Gasteiger partial charge in [0.15, 0.2) is 0 Å². The number of fused-ring (bicyclic) bond motifs is 1. The first-order chi connectivity index (χ1) is 13.5. The summed E-state index contributed by atoms with van der Waals surface area (Å²) in [6.07, 6.45) is -0.667. The number of carboxylic acids is 1. The predicted molar refractivity (Wildman–Crippen MR) is 102 cm³/mol. The zero-order valence-electron chi connectivity index (χ0n) is 15.8. The molecule has 0 aliphatic carbocycles. The van der Waals surface area contributed by atoms with Gasteiger partial charge < -0.3 is 20.6 Å². The number of rotatable bonds is 7. The number of unbranched alkanes of at least 4 members (excludes halogenated alkanes) is 3. The number of amides is 1. The molecular weight excluding hydrogens is 393 g/mol. The molecule has 1 aromatic carbocycles.